The summed E-state index contributed by atoms with van der Waals surface area (Å²) in [5, 5.41) is 4.47. The van der Waals surface area contributed by atoms with Crippen LogP contribution in [0.4, 0.5) is 5.82 Å². The Morgan fingerprint density at radius 3 is 2.29 bits per heavy atom. The molecule has 0 unspecified atom stereocenters. The van der Waals surface area contributed by atoms with Crippen molar-refractivity contribution in [1.82, 2.24) is 19.6 Å². The third-order valence-corrected chi connectivity index (χ3v) is 5.70. The van der Waals surface area contributed by atoms with Crippen LogP contribution in [0.25, 0.3) is 17.2 Å². The number of nitrogens with one attached hydrogen (secondary N) is 1. The predicted molar refractivity (Wildman–Crippen MR) is 102 cm³/mol. The zero-order valence-electron chi connectivity index (χ0n) is 15.4. The first-order chi connectivity index (χ1) is 13.5. The van der Waals surface area contributed by atoms with Gasteiger partial charge in [0.15, 0.2) is 11.6 Å². The molecule has 2 amide bonds. The highest BCUT2D eigenvalue weighted by molar-refractivity contribution is 6.21. The Morgan fingerprint density at radius 2 is 1.64 bits per heavy atom. The topological polar surface area (TPSA) is 100 Å². The van der Waals surface area contributed by atoms with E-state index < -0.39 is 5.56 Å². The maximum Gasteiger partial charge on any atom is 0.254 e. The lowest BCUT2D eigenvalue weighted by molar-refractivity contribution is -0.122. The number of imide groups is 1. The van der Waals surface area contributed by atoms with Gasteiger partial charge in [-0.05, 0) is 19.8 Å². The second kappa shape index (κ2) is 6.12. The van der Waals surface area contributed by atoms with Crippen LogP contribution in [-0.4, -0.2) is 31.4 Å². The molecule has 1 aliphatic heterocycles. The van der Waals surface area contributed by atoms with E-state index >= 15 is 0 Å². The number of amides is 2. The molecule has 2 atom stereocenters. The number of fused-ring (bicyclic) bond motifs is 2. The highest BCUT2D eigenvalue weighted by atomic mass is 16.2. The quantitative estimate of drug-likeness (QED) is 0.689. The van der Waals surface area contributed by atoms with Gasteiger partial charge < -0.3 is 0 Å². The molecule has 0 radical (unpaired) electrons. The van der Waals surface area contributed by atoms with Gasteiger partial charge in [0, 0.05) is 11.6 Å². The summed E-state index contributed by atoms with van der Waals surface area (Å²) in [5.41, 5.74) is 1.46. The van der Waals surface area contributed by atoms with E-state index in [2.05, 4.69) is 15.1 Å². The fraction of sp³-hybridized carbons (Fsp3) is 0.350. The molecule has 8 heteroatoms. The molecule has 3 aromatic rings. The number of hydrogen-bond acceptors (Lipinski definition) is 5. The Bertz CT molecular complexity index is 1140. The summed E-state index contributed by atoms with van der Waals surface area (Å²) in [4.78, 5) is 46.3. The normalized spacial score (nSPS) is 22.1. The first-order valence-corrected chi connectivity index (χ1v) is 9.48. The monoisotopic (exact) mass is 377 g/mol. The SMILES string of the molecule is Cc1ccc(-c2nc3[nH]c(=O)cc(N4C(=O)[C@H]5CCCC[C@H]5C4=O)n3n2)cc1. The molecule has 1 aliphatic carbocycles. The minimum Gasteiger partial charge on any atom is -0.291 e. The van der Waals surface area contributed by atoms with Crippen LogP contribution in [0.1, 0.15) is 31.2 Å². The number of aromatic amines is 1. The van der Waals surface area contributed by atoms with E-state index in [0.717, 1.165) is 28.9 Å². The van der Waals surface area contributed by atoms with Gasteiger partial charge in [-0.2, -0.15) is 9.50 Å². The summed E-state index contributed by atoms with van der Waals surface area (Å²) in [6.07, 6.45) is 3.31. The van der Waals surface area contributed by atoms with Crippen molar-refractivity contribution in [3.63, 3.8) is 0 Å². The third kappa shape index (κ3) is 2.48. The lowest BCUT2D eigenvalue weighted by Gasteiger charge is -2.19. The van der Waals surface area contributed by atoms with Crippen LogP contribution in [0.3, 0.4) is 0 Å². The number of nitrogens with zero attached hydrogens (tertiary/aromatic N) is 4. The maximum absolute atomic E-state index is 13.0. The fourth-order valence-electron chi connectivity index (χ4n) is 4.25. The smallest absolute Gasteiger partial charge is 0.254 e. The summed E-state index contributed by atoms with van der Waals surface area (Å²) in [5.74, 6) is -0.295. The summed E-state index contributed by atoms with van der Waals surface area (Å²) < 4.78 is 1.38. The van der Waals surface area contributed by atoms with Crippen molar-refractivity contribution in [1.29, 1.82) is 0 Å². The van der Waals surface area contributed by atoms with E-state index in [4.69, 9.17) is 0 Å². The van der Waals surface area contributed by atoms with Gasteiger partial charge in [-0.1, -0.05) is 42.7 Å². The first-order valence-electron chi connectivity index (χ1n) is 9.48. The number of aromatic nitrogens is 4. The van der Waals surface area contributed by atoms with Gasteiger partial charge in [0.2, 0.25) is 17.6 Å². The Hall–Kier alpha value is -3.29. The van der Waals surface area contributed by atoms with Gasteiger partial charge in [-0.15, -0.1) is 5.10 Å². The largest absolute Gasteiger partial charge is 0.291 e. The minimum absolute atomic E-state index is 0.161. The standard InChI is InChI=1S/C20H19N5O3/c1-11-6-8-12(9-7-11)17-22-20-21-15(26)10-16(25(20)23-17)24-18(27)13-4-2-3-5-14(13)19(24)28/h6-10,13-14H,2-5H2,1H3,(H,21,22,23,26)/t13-,14+. The number of H-pyrrole nitrogens is 1. The summed E-state index contributed by atoms with van der Waals surface area (Å²) in [7, 11) is 0. The average molecular weight is 377 g/mol. The van der Waals surface area contributed by atoms with Crippen LogP contribution in [0.2, 0.25) is 0 Å². The Kier molecular flexibility index (Phi) is 3.68. The van der Waals surface area contributed by atoms with E-state index in [0.29, 0.717) is 18.7 Å². The van der Waals surface area contributed by atoms with Crippen molar-refractivity contribution in [3.8, 4) is 11.4 Å². The Labute approximate surface area is 160 Å². The zero-order valence-corrected chi connectivity index (χ0v) is 15.4. The number of anilines is 1. The summed E-state index contributed by atoms with van der Waals surface area (Å²) in [6.45, 7) is 1.99. The van der Waals surface area contributed by atoms with Crippen molar-refractivity contribution in [3.05, 3.63) is 46.2 Å². The van der Waals surface area contributed by atoms with E-state index in [-0.39, 0.29) is 35.2 Å². The molecule has 0 bridgehead atoms. The second-order valence-corrected chi connectivity index (χ2v) is 7.54. The van der Waals surface area contributed by atoms with Crippen molar-refractivity contribution in [2.75, 3.05) is 4.90 Å². The molecule has 142 valence electrons. The van der Waals surface area contributed by atoms with Crippen LogP contribution < -0.4 is 10.5 Å². The van der Waals surface area contributed by atoms with Crippen molar-refractivity contribution in [2.45, 2.75) is 32.6 Å². The van der Waals surface area contributed by atoms with Crippen molar-refractivity contribution < 1.29 is 9.59 Å². The second-order valence-electron chi connectivity index (χ2n) is 7.54. The third-order valence-electron chi connectivity index (χ3n) is 5.70. The molecule has 1 aromatic carbocycles. The van der Waals surface area contributed by atoms with Crippen molar-refractivity contribution >= 4 is 23.4 Å². The van der Waals surface area contributed by atoms with Crippen LogP contribution in [0, 0.1) is 18.8 Å². The average Bonchev–Trinajstić information content (AvgIpc) is 3.22. The van der Waals surface area contributed by atoms with E-state index in [1.165, 1.54) is 10.6 Å². The lowest BCUT2D eigenvalue weighted by atomic mass is 9.81. The summed E-state index contributed by atoms with van der Waals surface area (Å²) in [6, 6.07) is 8.92. The van der Waals surface area contributed by atoms with Crippen molar-refractivity contribution in [2.24, 2.45) is 11.8 Å². The van der Waals surface area contributed by atoms with Gasteiger partial charge in [0.1, 0.15) is 0 Å². The van der Waals surface area contributed by atoms with Crippen LogP contribution >= 0.6 is 0 Å². The molecular formula is C20H19N5O3. The van der Waals surface area contributed by atoms with Gasteiger partial charge in [-0.3, -0.25) is 19.4 Å². The highest BCUT2D eigenvalue weighted by Gasteiger charge is 2.49. The number of carbonyl (C=O) groups is 2. The number of hydrogen-bond donors (Lipinski definition) is 1. The molecule has 3 heterocycles. The molecule has 2 aromatic heterocycles. The Balaban J connectivity index is 1.65. The van der Waals surface area contributed by atoms with Gasteiger partial charge in [0.05, 0.1) is 11.8 Å². The molecule has 5 rings (SSSR count). The molecule has 0 spiro atoms. The summed E-state index contributed by atoms with van der Waals surface area (Å²) >= 11 is 0. The molecule has 1 saturated heterocycles. The molecule has 1 saturated carbocycles. The molecule has 2 fully saturated rings. The Morgan fingerprint density at radius 1 is 1.00 bits per heavy atom. The first kappa shape index (κ1) is 16.9. The van der Waals surface area contributed by atoms with E-state index in [9.17, 15) is 14.4 Å². The predicted octanol–water partition coefficient (Wildman–Crippen LogP) is 2.07. The number of rotatable bonds is 2. The number of aryl methyl sites for hydroxylation is 1. The zero-order chi connectivity index (χ0) is 19.4. The van der Waals surface area contributed by atoms with Crippen LogP contribution in [0.15, 0.2) is 35.1 Å². The fourth-order valence-corrected chi connectivity index (χ4v) is 4.25. The van der Waals surface area contributed by atoms with E-state index in [1.54, 1.807) is 0 Å². The molecule has 2 aliphatic rings. The van der Waals surface area contributed by atoms with Gasteiger partial charge in [0.25, 0.3) is 5.56 Å². The maximum atomic E-state index is 13.0. The molecule has 1 N–H and O–H groups in total. The van der Waals surface area contributed by atoms with Crippen LogP contribution in [0.5, 0.6) is 0 Å². The minimum atomic E-state index is -0.430. The molecular weight excluding hydrogens is 358 g/mol. The number of benzene rings is 1. The van der Waals surface area contributed by atoms with Gasteiger partial charge >= 0.3 is 0 Å². The van der Waals surface area contributed by atoms with E-state index in [1.807, 2.05) is 31.2 Å². The van der Waals surface area contributed by atoms with Gasteiger partial charge in [-0.25, -0.2) is 4.90 Å². The lowest BCUT2D eigenvalue weighted by Crippen LogP contribution is -2.34. The molecule has 8 nitrogen and oxygen atoms in total. The highest BCUT2D eigenvalue weighted by Crippen LogP contribution is 2.39. The molecule has 28 heavy (non-hydrogen) atoms. The number of carbonyl (C=O) groups excluding carboxylic acids is 2. The van der Waals surface area contributed by atoms with Crippen LogP contribution in [-0.2, 0) is 9.59 Å².